The number of unbranched alkanes of at least 4 members (excludes halogenated alkanes) is 1. The summed E-state index contributed by atoms with van der Waals surface area (Å²) in [5.74, 6) is 0.430. The topological polar surface area (TPSA) is 79.9 Å². The van der Waals surface area contributed by atoms with E-state index in [0.29, 0.717) is 17.9 Å². The Balaban J connectivity index is 1.82. The second kappa shape index (κ2) is 11.7. The van der Waals surface area contributed by atoms with Gasteiger partial charge in [0.1, 0.15) is 11.5 Å². The van der Waals surface area contributed by atoms with Crippen LogP contribution < -0.4 is 25.2 Å². The van der Waals surface area contributed by atoms with Gasteiger partial charge in [-0.15, -0.1) is 0 Å². The molecular formula is C23H31N3O4. The Hall–Kier alpha value is -3.22. The first-order valence-corrected chi connectivity index (χ1v) is 10.3. The van der Waals surface area contributed by atoms with Crippen molar-refractivity contribution in [3.8, 4) is 11.5 Å². The monoisotopic (exact) mass is 413 g/mol. The number of hydrogen-bond acceptors (Lipinski definition) is 5. The molecule has 7 nitrogen and oxygen atoms in total. The number of amides is 2. The molecule has 2 rings (SSSR count). The van der Waals surface area contributed by atoms with Crippen LogP contribution in [0.1, 0.15) is 44.0 Å². The molecule has 7 heteroatoms. The summed E-state index contributed by atoms with van der Waals surface area (Å²) < 4.78 is 11.0. The summed E-state index contributed by atoms with van der Waals surface area (Å²) in [7, 11) is 2.02. The first kappa shape index (κ1) is 23.1. The molecule has 0 bridgehead atoms. The number of hydrazine groups is 1. The predicted molar refractivity (Wildman–Crippen MR) is 118 cm³/mol. The van der Waals surface area contributed by atoms with E-state index in [2.05, 4.69) is 22.7 Å². The fourth-order valence-corrected chi connectivity index (χ4v) is 2.72. The van der Waals surface area contributed by atoms with Gasteiger partial charge in [0.15, 0.2) is 6.10 Å². The molecule has 2 N–H and O–H groups in total. The van der Waals surface area contributed by atoms with E-state index in [0.717, 1.165) is 30.8 Å². The van der Waals surface area contributed by atoms with Crippen LogP contribution in [0, 0.1) is 0 Å². The average molecular weight is 414 g/mol. The van der Waals surface area contributed by atoms with Crippen LogP contribution in [0.25, 0.3) is 0 Å². The van der Waals surface area contributed by atoms with E-state index in [-0.39, 0.29) is 5.91 Å². The van der Waals surface area contributed by atoms with Crippen LogP contribution in [0.5, 0.6) is 11.5 Å². The molecule has 2 aromatic carbocycles. The lowest BCUT2D eigenvalue weighted by Gasteiger charge is -2.19. The molecule has 0 fully saturated rings. The SMILES string of the molecule is CCCCN(C)c1ccc(C(=O)NNC(=O)C(C)Oc2ccc(OCC)cc2)cc1. The fraction of sp³-hybridized carbons (Fsp3) is 0.391. The summed E-state index contributed by atoms with van der Waals surface area (Å²) in [5.41, 5.74) is 6.33. The molecule has 0 spiro atoms. The highest BCUT2D eigenvalue weighted by Crippen LogP contribution is 2.18. The summed E-state index contributed by atoms with van der Waals surface area (Å²) in [6.45, 7) is 7.21. The third-order valence-corrected chi connectivity index (χ3v) is 4.53. The van der Waals surface area contributed by atoms with Crippen molar-refractivity contribution < 1.29 is 19.1 Å². The van der Waals surface area contributed by atoms with Crippen molar-refractivity contribution in [3.63, 3.8) is 0 Å². The third-order valence-electron chi connectivity index (χ3n) is 4.53. The zero-order valence-corrected chi connectivity index (χ0v) is 18.1. The van der Waals surface area contributed by atoms with E-state index in [4.69, 9.17) is 9.47 Å². The number of nitrogens with zero attached hydrogens (tertiary/aromatic N) is 1. The minimum Gasteiger partial charge on any atom is -0.494 e. The maximum Gasteiger partial charge on any atom is 0.279 e. The van der Waals surface area contributed by atoms with E-state index in [1.807, 2.05) is 26.1 Å². The van der Waals surface area contributed by atoms with Crippen LogP contribution in [0.4, 0.5) is 5.69 Å². The van der Waals surface area contributed by atoms with E-state index in [1.165, 1.54) is 0 Å². The zero-order valence-electron chi connectivity index (χ0n) is 18.1. The molecule has 0 saturated carbocycles. The number of benzene rings is 2. The molecule has 0 saturated heterocycles. The third kappa shape index (κ3) is 6.99. The first-order valence-electron chi connectivity index (χ1n) is 10.3. The number of carbonyl (C=O) groups excluding carboxylic acids is 2. The fourth-order valence-electron chi connectivity index (χ4n) is 2.72. The Morgan fingerprint density at radius 2 is 1.60 bits per heavy atom. The Morgan fingerprint density at radius 3 is 2.20 bits per heavy atom. The summed E-state index contributed by atoms with van der Waals surface area (Å²) in [6.07, 6.45) is 1.46. The Labute approximate surface area is 178 Å². The van der Waals surface area contributed by atoms with Crippen molar-refractivity contribution in [3.05, 3.63) is 54.1 Å². The molecule has 0 aromatic heterocycles. The van der Waals surface area contributed by atoms with Crippen molar-refractivity contribution in [1.82, 2.24) is 10.9 Å². The molecule has 1 unspecified atom stereocenters. The number of nitrogens with one attached hydrogen (secondary N) is 2. The molecule has 2 aromatic rings. The molecule has 0 heterocycles. The standard InChI is InChI=1S/C23H31N3O4/c1-5-7-16-26(4)19-10-8-18(9-11-19)23(28)25-24-22(27)17(3)30-21-14-12-20(13-15-21)29-6-2/h8-15,17H,5-7,16H2,1-4H3,(H,24,27)(H,25,28). The number of anilines is 1. The van der Waals surface area contributed by atoms with Gasteiger partial charge in [0.25, 0.3) is 11.8 Å². The highest BCUT2D eigenvalue weighted by atomic mass is 16.5. The van der Waals surface area contributed by atoms with Crippen LogP contribution in [-0.2, 0) is 4.79 Å². The van der Waals surface area contributed by atoms with E-state index >= 15 is 0 Å². The van der Waals surface area contributed by atoms with Gasteiger partial charge in [0.2, 0.25) is 0 Å². The number of carbonyl (C=O) groups is 2. The number of rotatable bonds is 10. The van der Waals surface area contributed by atoms with Gasteiger partial charge < -0.3 is 14.4 Å². The van der Waals surface area contributed by atoms with Crippen molar-refractivity contribution in [2.24, 2.45) is 0 Å². The van der Waals surface area contributed by atoms with Crippen LogP contribution in [0.3, 0.4) is 0 Å². The van der Waals surface area contributed by atoms with E-state index in [9.17, 15) is 9.59 Å². The van der Waals surface area contributed by atoms with E-state index in [1.54, 1.807) is 43.3 Å². The summed E-state index contributed by atoms with van der Waals surface area (Å²) in [5, 5.41) is 0. The molecule has 1 atom stereocenters. The smallest absolute Gasteiger partial charge is 0.279 e. The van der Waals surface area contributed by atoms with Gasteiger partial charge in [-0.05, 0) is 68.8 Å². The van der Waals surface area contributed by atoms with Gasteiger partial charge in [-0.1, -0.05) is 13.3 Å². The zero-order chi connectivity index (χ0) is 21.9. The van der Waals surface area contributed by atoms with Gasteiger partial charge in [-0.3, -0.25) is 20.4 Å². The summed E-state index contributed by atoms with van der Waals surface area (Å²) in [4.78, 5) is 26.6. The van der Waals surface area contributed by atoms with Gasteiger partial charge >= 0.3 is 0 Å². The average Bonchev–Trinajstić information content (AvgIpc) is 2.77. The lowest BCUT2D eigenvalue weighted by atomic mass is 10.2. The molecule has 162 valence electrons. The van der Waals surface area contributed by atoms with Crippen LogP contribution in [-0.4, -0.2) is 38.1 Å². The summed E-state index contributed by atoms with van der Waals surface area (Å²) in [6, 6.07) is 14.3. The maximum atomic E-state index is 12.3. The Bertz CT molecular complexity index is 806. The second-order valence-corrected chi connectivity index (χ2v) is 6.93. The molecule has 30 heavy (non-hydrogen) atoms. The first-order chi connectivity index (χ1) is 14.4. The predicted octanol–water partition coefficient (Wildman–Crippen LogP) is 3.55. The molecule has 2 amide bonds. The van der Waals surface area contributed by atoms with Crippen molar-refractivity contribution in [1.29, 1.82) is 0 Å². The minimum absolute atomic E-state index is 0.389. The van der Waals surface area contributed by atoms with Crippen molar-refractivity contribution in [2.45, 2.75) is 39.7 Å². The van der Waals surface area contributed by atoms with Gasteiger partial charge in [0, 0.05) is 24.8 Å². The number of ether oxygens (including phenoxy) is 2. The quantitative estimate of drug-likeness (QED) is 0.583. The van der Waals surface area contributed by atoms with Crippen LogP contribution >= 0.6 is 0 Å². The lowest BCUT2D eigenvalue weighted by Crippen LogP contribution is -2.47. The highest BCUT2D eigenvalue weighted by molar-refractivity contribution is 5.96. The molecule has 0 radical (unpaired) electrons. The highest BCUT2D eigenvalue weighted by Gasteiger charge is 2.16. The van der Waals surface area contributed by atoms with Gasteiger partial charge in [-0.25, -0.2) is 0 Å². The van der Waals surface area contributed by atoms with E-state index < -0.39 is 12.0 Å². The number of hydrogen-bond donors (Lipinski definition) is 2. The van der Waals surface area contributed by atoms with Crippen LogP contribution in [0.15, 0.2) is 48.5 Å². The van der Waals surface area contributed by atoms with Crippen molar-refractivity contribution in [2.75, 3.05) is 25.1 Å². The Kier molecular flexibility index (Phi) is 9.00. The van der Waals surface area contributed by atoms with Gasteiger partial charge in [0.05, 0.1) is 6.61 Å². The second-order valence-electron chi connectivity index (χ2n) is 6.93. The molecule has 0 aliphatic rings. The molecular weight excluding hydrogens is 382 g/mol. The van der Waals surface area contributed by atoms with Gasteiger partial charge in [-0.2, -0.15) is 0 Å². The largest absolute Gasteiger partial charge is 0.494 e. The molecule has 0 aliphatic carbocycles. The Morgan fingerprint density at radius 1 is 0.967 bits per heavy atom. The minimum atomic E-state index is -0.780. The summed E-state index contributed by atoms with van der Waals surface area (Å²) >= 11 is 0. The normalized spacial score (nSPS) is 11.3. The van der Waals surface area contributed by atoms with Crippen molar-refractivity contribution >= 4 is 17.5 Å². The molecule has 0 aliphatic heterocycles. The lowest BCUT2D eigenvalue weighted by molar-refractivity contribution is -0.128. The van der Waals surface area contributed by atoms with Crippen LogP contribution in [0.2, 0.25) is 0 Å². The maximum absolute atomic E-state index is 12.3.